The first kappa shape index (κ1) is 18.3. The van der Waals surface area contributed by atoms with E-state index in [1.807, 2.05) is 12.5 Å². The highest BCUT2D eigenvalue weighted by atomic mass is 32.1. The van der Waals surface area contributed by atoms with Gasteiger partial charge in [-0.1, -0.05) is 30.2 Å². The lowest BCUT2D eigenvalue weighted by atomic mass is 9.93. The Labute approximate surface area is 179 Å². The number of nitrogens with one attached hydrogen (secondary N) is 1. The first-order chi connectivity index (χ1) is 14.7. The molecular weight excluding hydrogens is 394 g/mol. The predicted octanol–water partition coefficient (Wildman–Crippen LogP) is 4.68. The number of hydrogen-bond donors (Lipinski definition) is 2. The van der Waals surface area contributed by atoms with Crippen LogP contribution in [0.15, 0.2) is 36.8 Å². The Morgan fingerprint density at radius 2 is 1.97 bits per heavy atom. The summed E-state index contributed by atoms with van der Waals surface area (Å²) in [7, 11) is 0. The van der Waals surface area contributed by atoms with E-state index in [1.54, 1.807) is 11.3 Å². The van der Waals surface area contributed by atoms with Gasteiger partial charge in [0.25, 0.3) is 0 Å². The first-order valence-electron chi connectivity index (χ1n) is 10.9. The lowest BCUT2D eigenvalue weighted by Gasteiger charge is -2.27. The highest BCUT2D eigenvalue weighted by Gasteiger charge is 2.25. The second-order valence-electron chi connectivity index (χ2n) is 8.68. The van der Waals surface area contributed by atoms with Crippen LogP contribution in [-0.2, 0) is 6.54 Å². The molecule has 0 unspecified atom stereocenters. The fraction of sp³-hybridized carbons (Fsp3) is 0.435. The lowest BCUT2D eigenvalue weighted by molar-refractivity contribution is 0.116. The fourth-order valence-corrected chi connectivity index (χ4v) is 5.48. The minimum absolute atomic E-state index is 0.114. The summed E-state index contributed by atoms with van der Waals surface area (Å²) in [6.45, 7) is 0.740. The molecule has 154 valence electrons. The molecule has 0 spiro atoms. The van der Waals surface area contributed by atoms with Crippen LogP contribution in [0.5, 0.6) is 0 Å². The van der Waals surface area contributed by atoms with Crippen molar-refractivity contribution in [3.05, 3.63) is 47.9 Å². The molecule has 1 aromatic carbocycles. The molecular formula is C23H25N5OS. The summed E-state index contributed by atoms with van der Waals surface area (Å²) in [6.07, 6.45) is 10.3. The smallest absolute Gasteiger partial charge is 0.184 e. The molecule has 2 aliphatic rings. The number of aliphatic hydroxyl groups is 1. The van der Waals surface area contributed by atoms with Gasteiger partial charge in [0.15, 0.2) is 10.8 Å². The zero-order valence-corrected chi connectivity index (χ0v) is 17.6. The summed E-state index contributed by atoms with van der Waals surface area (Å²) < 4.78 is 3.28. The second kappa shape index (κ2) is 7.32. The van der Waals surface area contributed by atoms with Gasteiger partial charge in [-0.25, -0.2) is 15.0 Å². The standard InChI is InChI=1S/C23H25N5OS/c29-20-4-2-1-3-17(20)26-23-27-18-8-5-14(9-21(18)30-23)12-28-13-25-19-10-16(15-6-7-15)11-24-22(19)28/h5,8-11,13,15,17,20,29H,1-4,6-7,12H2,(H,26,27)/t17-,20-/m1/s1. The lowest BCUT2D eigenvalue weighted by Crippen LogP contribution is -2.36. The molecule has 0 bridgehead atoms. The van der Waals surface area contributed by atoms with Gasteiger partial charge in [0.1, 0.15) is 5.52 Å². The van der Waals surface area contributed by atoms with Gasteiger partial charge in [0.2, 0.25) is 0 Å². The average Bonchev–Trinajstić information content (AvgIpc) is 3.42. The summed E-state index contributed by atoms with van der Waals surface area (Å²) in [4.78, 5) is 14.0. The topological polar surface area (TPSA) is 75.9 Å². The van der Waals surface area contributed by atoms with Crippen molar-refractivity contribution >= 4 is 37.8 Å². The Bertz CT molecular complexity index is 1210. The molecule has 3 heterocycles. The van der Waals surface area contributed by atoms with Crippen LogP contribution in [0, 0.1) is 0 Å². The number of fused-ring (bicyclic) bond motifs is 2. The normalized spacial score (nSPS) is 22.0. The van der Waals surface area contributed by atoms with Crippen LogP contribution in [-0.4, -0.2) is 36.8 Å². The summed E-state index contributed by atoms with van der Waals surface area (Å²) >= 11 is 1.66. The predicted molar refractivity (Wildman–Crippen MR) is 120 cm³/mol. The van der Waals surface area contributed by atoms with E-state index in [0.29, 0.717) is 5.92 Å². The largest absolute Gasteiger partial charge is 0.391 e. The third-order valence-corrected chi connectivity index (χ3v) is 7.32. The number of pyridine rings is 1. The minimum atomic E-state index is -0.274. The van der Waals surface area contributed by atoms with E-state index < -0.39 is 0 Å². The van der Waals surface area contributed by atoms with E-state index in [-0.39, 0.29) is 12.1 Å². The monoisotopic (exact) mass is 419 g/mol. The van der Waals surface area contributed by atoms with Crippen molar-refractivity contribution in [1.82, 2.24) is 19.5 Å². The van der Waals surface area contributed by atoms with Gasteiger partial charge in [0, 0.05) is 6.20 Å². The molecule has 0 amide bonds. The molecule has 2 fully saturated rings. The number of aromatic nitrogens is 4. The highest BCUT2D eigenvalue weighted by molar-refractivity contribution is 7.22. The number of hydrogen-bond acceptors (Lipinski definition) is 6. The number of nitrogens with zero attached hydrogens (tertiary/aromatic N) is 4. The second-order valence-corrected chi connectivity index (χ2v) is 9.71. The maximum atomic E-state index is 10.2. The van der Waals surface area contributed by atoms with Crippen molar-refractivity contribution in [3.63, 3.8) is 0 Å². The third kappa shape index (κ3) is 3.46. The zero-order valence-electron chi connectivity index (χ0n) is 16.8. The first-order valence-corrected chi connectivity index (χ1v) is 11.7. The van der Waals surface area contributed by atoms with Crippen LogP contribution in [0.25, 0.3) is 21.4 Å². The molecule has 0 saturated heterocycles. The third-order valence-electron chi connectivity index (χ3n) is 6.37. The maximum Gasteiger partial charge on any atom is 0.184 e. The summed E-state index contributed by atoms with van der Waals surface area (Å²) in [5.41, 5.74) is 5.46. The van der Waals surface area contributed by atoms with Crippen LogP contribution < -0.4 is 5.32 Å². The Balaban J connectivity index is 1.23. The van der Waals surface area contributed by atoms with Crippen molar-refractivity contribution < 1.29 is 5.11 Å². The Hall–Kier alpha value is -2.51. The van der Waals surface area contributed by atoms with E-state index in [9.17, 15) is 5.11 Å². The number of benzene rings is 1. The number of thiazole rings is 1. The molecule has 2 N–H and O–H groups in total. The van der Waals surface area contributed by atoms with E-state index in [0.717, 1.165) is 52.3 Å². The van der Waals surface area contributed by atoms with Crippen LogP contribution in [0.3, 0.4) is 0 Å². The number of aliphatic hydroxyl groups excluding tert-OH is 1. The van der Waals surface area contributed by atoms with Crippen molar-refractivity contribution in [2.45, 2.75) is 63.1 Å². The van der Waals surface area contributed by atoms with Gasteiger partial charge in [-0.05, 0) is 60.9 Å². The van der Waals surface area contributed by atoms with Crippen molar-refractivity contribution in [3.8, 4) is 0 Å². The van der Waals surface area contributed by atoms with Gasteiger partial charge in [-0.15, -0.1) is 0 Å². The van der Waals surface area contributed by atoms with E-state index in [1.165, 1.54) is 30.4 Å². The summed E-state index contributed by atoms with van der Waals surface area (Å²) in [5, 5.41) is 14.6. The zero-order chi connectivity index (χ0) is 20.1. The Kier molecular flexibility index (Phi) is 4.46. The maximum absolute atomic E-state index is 10.2. The van der Waals surface area contributed by atoms with Crippen LogP contribution >= 0.6 is 11.3 Å². The van der Waals surface area contributed by atoms with Crippen LogP contribution in [0.4, 0.5) is 5.13 Å². The van der Waals surface area contributed by atoms with Gasteiger partial charge >= 0.3 is 0 Å². The molecule has 7 heteroatoms. The van der Waals surface area contributed by atoms with Crippen molar-refractivity contribution in [1.29, 1.82) is 0 Å². The minimum Gasteiger partial charge on any atom is -0.391 e. The van der Waals surface area contributed by atoms with Gasteiger partial charge < -0.3 is 15.0 Å². The van der Waals surface area contributed by atoms with E-state index in [4.69, 9.17) is 9.97 Å². The molecule has 0 aliphatic heterocycles. The van der Waals surface area contributed by atoms with Crippen molar-refractivity contribution in [2.75, 3.05) is 5.32 Å². The van der Waals surface area contributed by atoms with E-state index in [2.05, 4.69) is 39.1 Å². The molecule has 6 rings (SSSR count). The molecule has 3 aromatic heterocycles. The van der Waals surface area contributed by atoms with Crippen LogP contribution in [0.2, 0.25) is 0 Å². The van der Waals surface area contributed by atoms with Gasteiger partial charge in [0.05, 0.1) is 35.2 Å². The molecule has 2 atom stereocenters. The van der Waals surface area contributed by atoms with Gasteiger partial charge in [-0.2, -0.15) is 0 Å². The quantitative estimate of drug-likeness (QED) is 0.491. The molecule has 4 aromatic rings. The summed E-state index contributed by atoms with van der Waals surface area (Å²) in [5.74, 6) is 0.693. The fourth-order valence-electron chi connectivity index (χ4n) is 4.48. The van der Waals surface area contributed by atoms with E-state index >= 15 is 0 Å². The molecule has 2 aliphatic carbocycles. The Morgan fingerprint density at radius 3 is 2.83 bits per heavy atom. The molecule has 6 nitrogen and oxygen atoms in total. The average molecular weight is 420 g/mol. The SMILES string of the molecule is O[C@@H]1CCCC[C@H]1Nc1nc2ccc(Cn3cnc4cc(C5CC5)cnc43)cc2s1. The molecule has 0 radical (unpaired) electrons. The molecule has 30 heavy (non-hydrogen) atoms. The number of imidazole rings is 1. The summed E-state index contributed by atoms with van der Waals surface area (Å²) in [6, 6.07) is 8.73. The number of rotatable bonds is 5. The Morgan fingerprint density at radius 1 is 1.07 bits per heavy atom. The van der Waals surface area contributed by atoms with Gasteiger partial charge in [-0.3, -0.25) is 0 Å². The number of anilines is 1. The van der Waals surface area contributed by atoms with Crippen molar-refractivity contribution in [2.24, 2.45) is 0 Å². The molecule has 2 saturated carbocycles. The van der Waals surface area contributed by atoms with Crippen LogP contribution in [0.1, 0.15) is 55.6 Å². The highest BCUT2D eigenvalue weighted by Crippen LogP contribution is 2.40.